The number of nitrogens with zero attached hydrogens (tertiary/aromatic N) is 2. The summed E-state index contributed by atoms with van der Waals surface area (Å²) < 4.78 is 0. The van der Waals surface area contributed by atoms with Gasteiger partial charge >= 0.3 is 0 Å². The molecule has 1 aliphatic carbocycles. The van der Waals surface area contributed by atoms with Crippen LogP contribution in [-0.2, 0) is 17.8 Å². The highest BCUT2D eigenvalue weighted by Crippen LogP contribution is 2.34. The summed E-state index contributed by atoms with van der Waals surface area (Å²) in [5, 5.41) is 5.54. The predicted molar refractivity (Wildman–Crippen MR) is 144 cm³/mol. The third-order valence-electron chi connectivity index (χ3n) is 5.99. The molecule has 0 bridgehead atoms. The van der Waals surface area contributed by atoms with Crippen LogP contribution >= 0.6 is 11.3 Å². The Hall–Kier alpha value is -3.60. The summed E-state index contributed by atoms with van der Waals surface area (Å²) >= 11 is 1.40. The minimum atomic E-state index is -0.0295. The van der Waals surface area contributed by atoms with E-state index in [0.29, 0.717) is 18.0 Å². The molecular formula is C29H31N3O2S. The molecule has 2 aromatic carbocycles. The number of benzene rings is 2. The zero-order valence-corrected chi connectivity index (χ0v) is 21.1. The highest BCUT2D eigenvalue weighted by Gasteiger charge is 2.21. The fourth-order valence-corrected chi connectivity index (χ4v) is 5.00. The van der Waals surface area contributed by atoms with Gasteiger partial charge in [-0.25, -0.2) is 4.79 Å². The Labute approximate surface area is 211 Å². The van der Waals surface area contributed by atoms with Crippen molar-refractivity contribution in [2.24, 2.45) is 0 Å². The van der Waals surface area contributed by atoms with Crippen molar-refractivity contribution in [1.29, 1.82) is 0 Å². The van der Waals surface area contributed by atoms with Crippen LogP contribution in [0.15, 0.2) is 83.5 Å². The monoisotopic (exact) mass is 485 g/mol. The van der Waals surface area contributed by atoms with E-state index >= 15 is 0 Å². The summed E-state index contributed by atoms with van der Waals surface area (Å²) in [5.41, 5.74) is 6.81. The van der Waals surface area contributed by atoms with Crippen molar-refractivity contribution in [3.63, 3.8) is 0 Å². The first kappa shape index (κ1) is 24.5. The highest BCUT2D eigenvalue weighted by molar-refractivity contribution is 7.12. The molecule has 1 amide bonds. The Balaban J connectivity index is 1.52. The van der Waals surface area contributed by atoms with Crippen LogP contribution < -0.4 is 10.2 Å². The van der Waals surface area contributed by atoms with Gasteiger partial charge in [-0.2, -0.15) is 0 Å². The van der Waals surface area contributed by atoms with Crippen LogP contribution in [-0.4, -0.2) is 30.3 Å². The molecule has 0 radical (unpaired) electrons. The number of rotatable bonds is 11. The van der Waals surface area contributed by atoms with Gasteiger partial charge in [0.1, 0.15) is 10.8 Å². The second kappa shape index (κ2) is 11.7. The maximum atomic E-state index is 13.0. The Morgan fingerprint density at radius 3 is 2.57 bits per heavy atom. The lowest BCUT2D eigenvalue weighted by atomic mass is 10.1. The molecular weight excluding hydrogens is 454 g/mol. The minimum Gasteiger partial charge on any atom is -0.359 e. The van der Waals surface area contributed by atoms with Crippen molar-refractivity contribution in [2.45, 2.75) is 39.2 Å². The first-order valence-corrected chi connectivity index (χ1v) is 12.9. The Kier molecular flexibility index (Phi) is 8.19. The number of amides is 1. The number of anilines is 2. The number of nitrogens with one attached hydrogen (secondary N) is 1. The van der Waals surface area contributed by atoms with Gasteiger partial charge in [0.05, 0.1) is 11.9 Å². The van der Waals surface area contributed by atoms with Gasteiger partial charge in [-0.1, -0.05) is 49.4 Å². The van der Waals surface area contributed by atoms with E-state index in [2.05, 4.69) is 41.7 Å². The third kappa shape index (κ3) is 6.50. The number of hydrogen-bond acceptors (Lipinski definition) is 5. The molecule has 4 rings (SSSR count). The Morgan fingerprint density at radius 2 is 1.86 bits per heavy atom. The van der Waals surface area contributed by atoms with Crippen molar-refractivity contribution >= 4 is 34.6 Å². The summed E-state index contributed by atoms with van der Waals surface area (Å²) in [6, 6.07) is 20.6. The minimum absolute atomic E-state index is 0.0295. The van der Waals surface area contributed by atoms with Crippen molar-refractivity contribution in [3.8, 4) is 0 Å². The molecule has 180 valence electrons. The van der Waals surface area contributed by atoms with Crippen LogP contribution in [0.25, 0.3) is 0 Å². The maximum Gasteiger partial charge on any atom is 0.265 e. The third-order valence-corrected chi connectivity index (χ3v) is 6.88. The van der Waals surface area contributed by atoms with Gasteiger partial charge in [-0.05, 0) is 59.5 Å². The molecule has 1 aromatic heterocycles. The standard InChI is InChI=1S/C29H31N3O2S/c1-3-15-31(2)29(34)28-27(14-18-35-28)32(16-17-33)21-23-10-7-11-25(19-23)30-26(24-12-13-24)20-22-8-5-4-6-9-22/h4-11,14,16,18-19,30H,3,12-13,15,20-21H2,1-2H3. The lowest BCUT2D eigenvalue weighted by Gasteiger charge is -2.22. The van der Waals surface area contributed by atoms with Crippen LogP contribution in [0, 0.1) is 0 Å². The Morgan fingerprint density at radius 1 is 1.09 bits per heavy atom. The quantitative estimate of drug-likeness (QED) is 0.325. The van der Waals surface area contributed by atoms with Gasteiger partial charge in [0.2, 0.25) is 0 Å². The molecule has 35 heavy (non-hydrogen) atoms. The van der Waals surface area contributed by atoms with Crippen LogP contribution in [0.2, 0.25) is 0 Å². The SMILES string of the molecule is CCCN(C)C(=O)c1sccc1N(C=C=O)Cc1cccc(NC(Cc2ccccc2)=C2CC2)c1. The van der Waals surface area contributed by atoms with E-state index < -0.39 is 0 Å². The molecule has 0 unspecified atom stereocenters. The van der Waals surface area contributed by atoms with Crippen LogP contribution in [0.5, 0.6) is 0 Å². The average molecular weight is 486 g/mol. The molecule has 1 aliphatic rings. The summed E-state index contributed by atoms with van der Waals surface area (Å²) in [7, 11) is 1.81. The number of hydrogen-bond donors (Lipinski definition) is 1. The van der Waals surface area contributed by atoms with Crippen LogP contribution in [0.4, 0.5) is 11.4 Å². The van der Waals surface area contributed by atoms with Gasteiger partial charge in [0.25, 0.3) is 5.91 Å². The van der Waals surface area contributed by atoms with Gasteiger partial charge in [0, 0.05) is 37.9 Å². The van der Waals surface area contributed by atoms with Crippen molar-refractivity contribution in [1.82, 2.24) is 4.90 Å². The van der Waals surface area contributed by atoms with Crippen molar-refractivity contribution in [3.05, 3.63) is 99.5 Å². The molecule has 1 saturated carbocycles. The number of allylic oxidation sites excluding steroid dienone is 2. The first-order valence-electron chi connectivity index (χ1n) is 12.0. The van der Waals surface area contributed by atoms with E-state index in [9.17, 15) is 9.59 Å². The highest BCUT2D eigenvalue weighted by atomic mass is 32.1. The topological polar surface area (TPSA) is 52.7 Å². The smallest absolute Gasteiger partial charge is 0.265 e. The molecule has 0 saturated heterocycles. The molecule has 0 spiro atoms. The van der Waals surface area contributed by atoms with Gasteiger partial charge < -0.3 is 15.1 Å². The van der Waals surface area contributed by atoms with E-state index in [1.54, 1.807) is 9.80 Å². The second-order valence-electron chi connectivity index (χ2n) is 8.81. The largest absolute Gasteiger partial charge is 0.359 e. The first-order chi connectivity index (χ1) is 17.1. The molecule has 5 nitrogen and oxygen atoms in total. The van der Waals surface area contributed by atoms with E-state index in [1.807, 2.05) is 49.6 Å². The number of carbonyl (C=O) groups excluding carboxylic acids is 2. The number of carbonyl (C=O) groups is 1. The van der Waals surface area contributed by atoms with E-state index in [-0.39, 0.29) is 5.91 Å². The molecule has 1 fully saturated rings. The van der Waals surface area contributed by atoms with Gasteiger partial charge in [0.15, 0.2) is 0 Å². The zero-order chi connectivity index (χ0) is 24.6. The van der Waals surface area contributed by atoms with E-state index in [4.69, 9.17) is 0 Å². The average Bonchev–Trinajstić information content (AvgIpc) is 3.60. The lowest BCUT2D eigenvalue weighted by Crippen LogP contribution is -2.28. The molecule has 6 heteroatoms. The maximum absolute atomic E-state index is 13.0. The van der Waals surface area contributed by atoms with Crippen molar-refractivity contribution in [2.75, 3.05) is 23.8 Å². The fourth-order valence-electron chi connectivity index (χ4n) is 4.10. The van der Waals surface area contributed by atoms with E-state index in [0.717, 1.165) is 42.6 Å². The number of thiophene rings is 1. The molecule has 1 N–H and O–H groups in total. The van der Waals surface area contributed by atoms with Crippen LogP contribution in [0.1, 0.15) is 47.0 Å². The summed E-state index contributed by atoms with van der Waals surface area (Å²) in [5.74, 6) is 1.87. The van der Waals surface area contributed by atoms with Gasteiger partial charge in [-0.15, -0.1) is 11.3 Å². The summed E-state index contributed by atoms with van der Waals surface area (Å²) in [6.45, 7) is 3.20. The molecule has 0 atom stereocenters. The second-order valence-corrected chi connectivity index (χ2v) is 9.72. The van der Waals surface area contributed by atoms with Crippen molar-refractivity contribution < 1.29 is 9.59 Å². The zero-order valence-electron chi connectivity index (χ0n) is 20.3. The van der Waals surface area contributed by atoms with Crippen LogP contribution in [0.3, 0.4) is 0 Å². The van der Waals surface area contributed by atoms with E-state index in [1.165, 1.54) is 34.4 Å². The van der Waals surface area contributed by atoms with Gasteiger partial charge in [-0.3, -0.25) is 4.79 Å². The fraction of sp³-hybridized carbons (Fsp3) is 0.276. The summed E-state index contributed by atoms with van der Waals surface area (Å²) in [4.78, 5) is 28.5. The lowest BCUT2D eigenvalue weighted by molar-refractivity contribution is 0.0800. The summed E-state index contributed by atoms with van der Waals surface area (Å²) in [6.07, 6.45) is 5.45. The Bertz CT molecular complexity index is 1240. The molecule has 3 aromatic rings. The normalized spacial score (nSPS) is 12.0. The predicted octanol–water partition coefficient (Wildman–Crippen LogP) is 6.28. The molecule has 0 aliphatic heterocycles. The molecule has 1 heterocycles.